The van der Waals surface area contributed by atoms with Gasteiger partial charge in [0, 0.05) is 49.5 Å². The van der Waals surface area contributed by atoms with Gasteiger partial charge in [0.15, 0.2) is 5.69 Å². The topological polar surface area (TPSA) is 52.4 Å². The summed E-state index contributed by atoms with van der Waals surface area (Å²) < 4.78 is 4.70. The van der Waals surface area contributed by atoms with Crippen LogP contribution in [0.4, 0.5) is 5.69 Å². The zero-order chi connectivity index (χ0) is 31.5. The second-order valence-electron chi connectivity index (χ2n) is 12.3. The lowest BCUT2D eigenvalue weighted by atomic mass is 10.0. The molecule has 0 fully saturated rings. The molecule has 0 saturated heterocycles. The molecule has 0 unspecified atom stereocenters. The number of benzene rings is 6. The van der Waals surface area contributed by atoms with Crippen molar-refractivity contribution < 1.29 is 0 Å². The van der Waals surface area contributed by atoms with Crippen LogP contribution in [0, 0.1) is 6.57 Å². The molecule has 5 aromatic heterocycles. The van der Waals surface area contributed by atoms with Crippen LogP contribution in [-0.4, -0.2) is 23.9 Å². The lowest BCUT2D eigenvalue weighted by Gasteiger charge is -2.11. The third-order valence-corrected chi connectivity index (χ3v) is 9.90. The van der Waals surface area contributed by atoms with Crippen LogP contribution in [0.1, 0.15) is 0 Å². The summed E-state index contributed by atoms with van der Waals surface area (Å²) in [4.78, 5) is 18.7. The lowest BCUT2D eigenvalue weighted by molar-refractivity contribution is 1.01. The van der Waals surface area contributed by atoms with Gasteiger partial charge in [-0.3, -0.25) is 9.55 Å². The van der Waals surface area contributed by atoms with Crippen molar-refractivity contribution in [2.24, 2.45) is 0 Å². The number of aromatic nitrogens is 5. The summed E-state index contributed by atoms with van der Waals surface area (Å²) in [5.74, 6) is 0.581. The molecule has 11 rings (SSSR count). The first-order valence-electron chi connectivity index (χ1n) is 15.9. The van der Waals surface area contributed by atoms with Crippen LogP contribution in [0.25, 0.3) is 104 Å². The Kier molecular flexibility index (Phi) is 4.82. The van der Waals surface area contributed by atoms with Gasteiger partial charge in [-0.15, -0.1) is 0 Å². The normalized spacial score (nSPS) is 12.1. The second-order valence-corrected chi connectivity index (χ2v) is 12.3. The molecule has 11 aromatic rings. The number of rotatable bonds is 2. The summed E-state index contributed by atoms with van der Waals surface area (Å²) in [6, 6.07) is 44.3. The van der Waals surface area contributed by atoms with Crippen LogP contribution in [0.5, 0.6) is 0 Å². The zero-order valence-corrected chi connectivity index (χ0v) is 25.4. The molecular weight excluding hydrogens is 589 g/mol. The molecule has 0 aliphatic carbocycles. The van der Waals surface area contributed by atoms with Gasteiger partial charge in [-0.1, -0.05) is 97.1 Å². The summed E-state index contributed by atoms with van der Waals surface area (Å²) in [5.41, 5.74) is 9.46. The van der Waals surface area contributed by atoms with E-state index in [4.69, 9.17) is 21.5 Å². The van der Waals surface area contributed by atoms with Crippen molar-refractivity contribution in [2.45, 2.75) is 0 Å². The van der Waals surface area contributed by atoms with E-state index in [2.05, 4.69) is 105 Å². The largest absolute Gasteiger partial charge is 0.307 e. The maximum Gasteiger partial charge on any atom is 0.235 e. The minimum Gasteiger partial charge on any atom is -0.307 e. The smallest absolute Gasteiger partial charge is 0.235 e. The molecule has 0 atom stereocenters. The SMILES string of the molecule is [C-]#[N+]c1ccc(-c2nc(-n3c4ccccc4c4c5c6ccc7ccccc7c6n6c7ccccc7c(cc43)c56)nc3cccnc23)cc1. The number of para-hydroxylation sites is 2. The molecule has 5 heterocycles. The van der Waals surface area contributed by atoms with E-state index < -0.39 is 0 Å². The zero-order valence-electron chi connectivity index (χ0n) is 25.4. The van der Waals surface area contributed by atoms with E-state index in [0.717, 1.165) is 38.7 Å². The Labute approximate surface area is 272 Å². The Hall–Kier alpha value is -6.84. The van der Waals surface area contributed by atoms with E-state index in [1.807, 2.05) is 36.4 Å². The highest BCUT2D eigenvalue weighted by Crippen LogP contribution is 2.47. The maximum absolute atomic E-state index is 7.43. The van der Waals surface area contributed by atoms with Crippen molar-refractivity contribution >= 4 is 87.4 Å². The third kappa shape index (κ3) is 3.17. The maximum atomic E-state index is 7.43. The van der Waals surface area contributed by atoms with Gasteiger partial charge in [0.1, 0.15) is 11.2 Å². The Morgan fingerprint density at radius 2 is 1.33 bits per heavy atom. The third-order valence-electron chi connectivity index (χ3n) is 9.90. The number of hydrogen-bond acceptors (Lipinski definition) is 3. The van der Waals surface area contributed by atoms with Crippen LogP contribution in [0.15, 0.2) is 134 Å². The molecular formula is C42H22N6. The first kappa shape index (κ1) is 25.4. The van der Waals surface area contributed by atoms with E-state index in [1.54, 1.807) is 6.20 Å². The van der Waals surface area contributed by atoms with Crippen LogP contribution in [0.2, 0.25) is 0 Å². The lowest BCUT2D eigenvalue weighted by Crippen LogP contribution is -2.04. The molecule has 6 heteroatoms. The number of nitrogens with zero attached hydrogens (tertiary/aromatic N) is 6. The fraction of sp³-hybridized carbons (Fsp3) is 0. The molecule has 0 amide bonds. The van der Waals surface area contributed by atoms with Gasteiger partial charge in [-0.2, -0.15) is 0 Å². The average molecular weight is 611 g/mol. The van der Waals surface area contributed by atoms with E-state index in [1.165, 1.54) is 54.3 Å². The molecule has 6 aromatic carbocycles. The molecule has 0 radical (unpaired) electrons. The summed E-state index contributed by atoms with van der Waals surface area (Å²) in [6.07, 6.45) is 1.78. The predicted molar refractivity (Wildman–Crippen MR) is 196 cm³/mol. The average Bonchev–Trinajstić information content (AvgIpc) is 3.79. The van der Waals surface area contributed by atoms with Gasteiger partial charge in [-0.05, 0) is 35.7 Å². The van der Waals surface area contributed by atoms with Crippen molar-refractivity contribution in [3.05, 3.63) is 145 Å². The molecule has 0 N–H and O–H groups in total. The van der Waals surface area contributed by atoms with Crippen LogP contribution < -0.4 is 0 Å². The number of pyridine rings is 1. The van der Waals surface area contributed by atoms with Crippen LogP contribution >= 0.6 is 0 Å². The molecule has 48 heavy (non-hydrogen) atoms. The van der Waals surface area contributed by atoms with Gasteiger partial charge in [0.2, 0.25) is 5.95 Å². The first-order chi connectivity index (χ1) is 23.8. The standard InChI is InChI=1S/C42H22N6/c1-43-26-19-16-25(17-20-26)38-39-32(13-8-22-44-39)45-42(46-38)47-34-15-7-5-12-29(34)36-35(47)23-31-28-11-4-6-14-33(28)48-40-27-10-3-2-9-24(27)18-21-30(40)37(36)41(31)48/h2-23H. The van der Waals surface area contributed by atoms with Gasteiger partial charge in [0.25, 0.3) is 0 Å². The van der Waals surface area contributed by atoms with Gasteiger partial charge in [-0.25, -0.2) is 14.8 Å². The molecule has 6 nitrogen and oxygen atoms in total. The van der Waals surface area contributed by atoms with Gasteiger partial charge >= 0.3 is 0 Å². The summed E-state index contributed by atoms with van der Waals surface area (Å²) >= 11 is 0. The van der Waals surface area contributed by atoms with Crippen molar-refractivity contribution in [3.8, 4) is 17.2 Å². The summed E-state index contributed by atoms with van der Waals surface area (Å²) in [6.45, 7) is 7.43. The molecule has 0 spiro atoms. The van der Waals surface area contributed by atoms with Crippen molar-refractivity contribution in [1.82, 2.24) is 23.9 Å². The van der Waals surface area contributed by atoms with Crippen LogP contribution in [0.3, 0.4) is 0 Å². The minimum atomic E-state index is 0.581. The van der Waals surface area contributed by atoms with Crippen molar-refractivity contribution in [3.63, 3.8) is 0 Å². The highest BCUT2D eigenvalue weighted by atomic mass is 15.2. The quantitative estimate of drug-likeness (QED) is 0.183. The summed E-state index contributed by atoms with van der Waals surface area (Å²) in [5, 5.41) is 9.71. The second kappa shape index (κ2) is 9.12. The summed E-state index contributed by atoms with van der Waals surface area (Å²) in [7, 11) is 0. The highest BCUT2D eigenvalue weighted by molar-refractivity contribution is 6.37. The Balaban J connectivity index is 1.35. The van der Waals surface area contributed by atoms with E-state index >= 15 is 0 Å². The molecule has 0 bridgehead atoms. The molecule has 220 valence electrons. The van der Waals surface area contributed by atoms with Crippen LogP contribution in [-0.2, 0) is 0 Å². The van der Waals surface area contributed by atoms with E-state index in [9.17, 15) is 0 Å². The monoisotopic (exact) mass is 610 g/mol. The highest BCUT2D eigenvalue weighted by Gasteiger charge is 2.26. The first-order valence-corrected chi connectivity index (χ1v) is 15.9. The molecule has 0 saturated carbocycles. The van der Waals surface area contributed by atoms with Crippen molar-refractivity contribution in [1.29, 1.82) is 0 Å². The fourth-order valence-electron chi connectivity index (χ4n) is 7.93. The van der Waals surface area contributed by atoms with E-state index in [0.29, 0.717) is 11.6 Å². The van der Waals surface area contributed by atoms with E-state index in [-0.39, 0.29) is 0 Å². The minimum absolute atomic E-state index is 0.581. The fourth-order valence-corrected chi connectivity index (χ4v) is 7.93. The number of hydrogen-bond donors (Lipinski definition) is 0. The van der Waals surface area contributed by atoms with Crippen molar-refractivity contribution in [2.75, 3.05) is 0 Å². The van der Waals surface area contributed by atoms with Gasteiger partial charge in [0.05, 0.1) is 39.7 Å². The molecule has 0 aliphatic heterocycles. The predicted octanol–water partition coefficient (Wildman–Crippen LogP) is 10.6. The molecule has 0 aliphatic rings. The Morgan fingerprint density at radius 3 is 2.19 bits per heavy atom. The Bertz CT molecular complexity index is 3180. The number of fused-ring (bicyclic) bond motifs is 13. The van der Waals surface area contributed by atoms with Gasteiger partial charge < -0.3 is 4.40 Å². The Morgan fingerprint density at radius 1 is 0.562 bits per heavy atom.